The van der Waals surface area contributed by atoms with Gasteiger partial charge in [0.25, 0.3) is 0 Å². The molecule has 1 unspecified atom stereocenters. The Kier molecular flexibility index (Phi) is 7.92. The number of hydrogen-bond acceptors (Lipinski definition) is 13. The number of aliphatic hydroxyl groups excluding tert-OH is 1. The summed E-state index contributed by atoms with van der Waals surface area (Å²) in [6, 6.07) is 3.51. The van der Waals surface area contributed by atoms with Gasteiger partial charge in [0.1, 0.15) is 27.8 Å². The van der Waals surface area contributed by atoms with Crippen LogP contribution in [0.2, 0.25) is 0 Å². The highest BCUT2D eigenvalue weighted by atomic mass is 32.1. The molecule has 0 saturated carbocycles. The first-order valence-corrected chi connectivity index (χ1v) is 12.3. The molecule has 4 aromatic rings. The van der Waals surface area contributed by atoms with E-state index in [1.165, 1.54) is 22.7 Å². The molecule has 3 N–H and O–H groups in total. The smallest absolute Gasteiger partial charge is 0.233 e. The molecule has 0 aromatic carbocycles. The van der Waals surface area contributed by atoms with Gasteiger partial charge in [0, 0.05) is 25.0 Å². The molecule has 0 aliphatic carbocycles. The summed E-state index contributed by atoms with van der Waals surface area (Å²) in [7, 11) is 0. The SMILES string of the molecule is Cc1cc(CC(=O)Nc2nnc(CCCCc3nnc(NC(O)Cc4cc(C)no4)s3)s2)on1. The van der Waals surface area contributed by atoms with Gasteiger partial charge in [-0.2, -0.15) is 0 Å². The van der Waals surface area contributed by atoms with E-state index in [1.807, 2.05) is 6.92 Å². The molecule has 34 heavy (non-hydrogen) atoms. The molecule has 0 aliphatic rings. The van der Waals surface area contributed by atoms with Crippen molar-refractivity contribution < 1.29 is 18.9 Å². The number of carbonyl (C=O) groups excluding carboxylic acids is 1. The zero-order valence-corrected chi connectivity index (χ0v) is 20.3. The Morgan fingerprint density at radius 1 is 0.941 bits per heavy atom. The van der Waals surface area contributed by atoms with Crippen LogP contribution in [0.25, 0.3) is 0 Å². The number of carbonyl (C=O) groups is 1. The lowest BCUT2D eigenvalue weighted by molar-refractivity contribution is -0.115. The van der Waals surface area contributed by atoms with E-state index in [0.717, 1.165) is 47.1 Å². The third-order valence-electron chi connectivity index (χ3n) is 4.58. The van der Waals surface area contributed by atoms with E-state index in [0.29, 0.717) is 28.2 Å². The van der Waals surface area contributed by atoms with Crippen LogP contribution in [-0.4, -0.2) is 47.9 Å². The largest absolute Gasteiger partial charge is 0.373 e. The van der Waals surface area contributed by atoms with E-state index in [2.05, 4.69) is 41.3 Å². The van der Waals surface area contributed by atoms with Crippen LogP contribution in [-0.2, 0) is 30.5 Å². The summed E-state index contributed by atoms with van der Waals surface area (Å²) >= 11 is 2.77. The minimum atomic E-state index is -0.833. The summed E-state index contributed by atoms with van der Waals surface area (Å²) in [5.74, 6) is 0.890. The maximum atomic E-state index is 12.1. The first-order chi connectivity index (χ1) is 16.4. The van der Waals surface area contributed by atoms with E-state index in [9.17, 15) is 9.90 Å². The second kappa shape index (κ2) is 11.3. The average Bonchev–Trinajstić information content (AvgIpc) is 3.57. The number of anilines is 2. The fraction of sp³-hybridized carbons (Fsp3) is 0.450. The molecule has 1 atom stereocenters. The molecular formula is C20H24N8O4S2. The van der Waals surface area contributed by atoms with Gasteiger partial charge in [0.2, 0.25) is 16.2 Å². The van der Waals surface area contributed by atoms with Gasteiger partial charge in [-0.15, -0.1) is 20.4 Å². The molecule has 4 rings (SSSR count). The van der Waals surface area contributed by atoms with Crippen LogP contribution >= 0.6 is 22.7 Å². The molecule has 1 amide bonds. The lowest BCUT2D eigenvalue weighted by atomic mass is 10.2. The fourth-order valence-corrected chi connectivity index (χ4v) is 4.71. The number of unbranched alkanes of at least 4 members (excludes halogenated alkanes) is 1. The minimum Gasteiger partial charge on any atom is -0.373 e. The summed E-state index contributed by atoms with van der Waals surface area (Å²) in [6.07, 6.45) is 2.89. The van der Waals surface area contributed by atoms with Crippen LogP contribution in [0.5, 0.6) is 0 Å². The molecule has 4 aromatic heterocycles. The van der Waals surface area contributed by atoms with E-state index < -0.39 is 6.23 Å². The predicted octanol–water partition coefficient (Wildman–Crippen LogP) is 2.70. The Morgan fingerprint density at radius 2 is 1.53 bits per heavy atom. The molecule has 4 heterocycles. The van der Waals surface area contributed by atoms with Crippen molar-refractivity contribution in [1.82, 2.24) is 30.7 Å². The van der Waals surface area contributed by atoms with E-state index >= 15 is 0 Å². The van der Waals surface area contributed by atoms with Crippen LogP contribution < -0.4 is 10.6 Å². The average molecular weight is 505 g/mol. The van der Waals surface area contributed by atoms with Gasteiger partial charge in [-0.3, -0.25) is 4.79 Å². The van der Waals surface area contributed by atoms with Crippen LogP contribution in [0.4, 0.5) is 10.3 Å². The summed E-state index contributed by atoms with van der Waals surface area (Å²) in [5.41, 5.74) is 1.50. The van der Waals surface area contributed by atoms with Crippen molar-refractivity contribution in [3.8, 4) is 0 Å². The molecule has 14 heteroatoms. The van der Waals surface area contributed by atoms with Crippen molar-refractivity contribution in [2.75, 3.05) is 10.6 Å². The van der Waals surface area contributed by atoms with Crippen molar-refractivity contribution in [2.24, 2.45) is 0 Å². The Balaban J connectivity index is 1.14. The van der Waals surface area contributed by atoms with E-state index in [4.69, 9.17) is 9.05 Å². The second-order valence-electron chi connectivity index (χ2n) is 7.67. The topological polar surface area (TPSA) is 165 Å². The summed E-state index contributed by atoms with van der Waals surface area (Å²) < 4.78 is 10.2. The Bertz CT molecular complexity index is 1220. The maximum Gasteiger partial charge on any atom is 0.233 e. The molecule has 0 bridgehead atoms. The summed E-state index contributed by atoms with van der Waals surface area (Å²) in [5, 5.41) is 42.6. The number of aryl methyl sites for hydroxylation is 4. The Morgan fingerprint density at radius 3 is 2.15 bits per heavy atom. The lowest BCUT2D eigenvalue weighted by Gasteiger charge is -2.08. The van der Waals surface area contributed by atoms with Gasteiger partial charge in [0.15, 0.2) is 0 Å². The van der Waals surface area contributed by atoms with Crippen molar-refractivity contribution >= 4 is 38.8 Å². The van der Waals surface area contributed by atoms with Crippen LogP contribution in [0.15, 0.2) is 21.2 Å². The van der Waals surface area contributed by atoms with Crippen molar-refractivity contribution in [2.45, 2.75) is 58.6 Å². The number of aliphatic hydroxyl groups is 1. The number of hydrogen-bond donors (Lipinski definition) is 3. The summed E-state index contributed by atoms with van der Waals surface area (Å²) in [4.78, 5) is 12.1. The molecular weight excluding hydrogens is 480 g/mol. The number of nitrogens with zero attached hydrogens (tertiary/aromatic N) is 6. The van der Waals surface area contributed by atoms with Gasteiger partial charge < -0.3 is 24.8 Å². The van der Waals surface area contributed by atoms with Gasteiger partial charge in [0.05, 0.1) is 24.2 Å². The zero-order valence-electron chi connectivity index (χ0n) is 18.6. The highest BCUT2D eigenvalue weighted by molar-refractivity contribution is 7.15. The minimum absolute atomic E-state index is 0.102. The first-order valence-electron chi connectivity index (χ1n) is 10.7. The highest BCUT2D eigenvalue weighted by Crippen LogP contribution is 2.21. The third-order valence-corrected chi connectivity index (χ3v) is 6.40. The molecule has 12 nitrogen and oxygen atoms in total. The molecule has 0 radical (unpaired) electrons. The number of nitrogens with one attached hydrogen (secondary N) is 2. The van der Waals surface area contributed by atoms with Gasteiger partial charge in [-0.25, -0.2) is 0 Å². The first kappa shape index (κ1) is 23.9. The lowest BCUT2D eigenvalue weighted by Crippen LogP contribution is -2.21. The van der Waals surface area contributed by atoms with Crippen LogP contribution in [0.1, 0.15) is 45.8 Å². The normalized spacial score (nSPS) is 12.1. The third kappa shape index (κ3) is 7.13. The quantitative estimate of drug-likeness (QED) is 0.192. The monoisotopic (exact) mass is 504 g/mol. The highest BCUT2D eigenvalue weighted by Gasteiger charge is 2.14. The van der Waals surface area contributed by atoms with Crippen molar-refractivity contribution in [3.63, 3.8) is 0 Å². The van der Waals surface area contributed by atoms with Crippen molar-refractivity contribution in [1.29, 1.82) is 0 Å². The molecule has 0 aliphatic heterocycles. The van der Waals surface area contributed by atoms with Crippen molar-refractivity contribution in [3.05, 3.63) is 45.1 Å². The summed E-state index contributed by atoms with van der Waals surface area (Å²) in [6.45, 7) is 3.63. The zero-order chi connectivity index (χ0) is 23.9. The number of aromatic nitrogens is 6. The molecule has 0 fully saturated rings. The maximum absolute atomic E-state index is 12.1. The Labute approximate surface area is 202 Å². The van der Waals surface area contributed by atoms with Crippen LogP contribution in [0.3, 0.4) is 0 Å². The van der Waals surface area contributed by atoms with Gasteiger partial charge >= 0.3 is 0 Å². The van der Waals surface area contributed by atoms with E-state index in [-0.39, 0.29) is 12.3 Å². The van der Waals surface area contributed by atoms with Gasteiger partial charge in [-0.1, -0.05) is 33.0 Å². The number of amides is 1. The van der Waals surface area contributed by atoms with Crippen LogP contribution in [0, 0.1) is 13.8 Å². The molecule has 0 saturated heterocycles. The van der Waals surface area contributed by atoms with E-state index in [1.54, 1.807) is 19.1 Å². The fourth-order valence-electron chi connectivity index (χ4n) is 3.09. The molecule has 0 spiro atoms. The van der Waals surface area contributed by atoms with Gasteiger partial charge in [-0.05, 0) is 26.7 Å². The standard InChI is InChI=1S/C20H24N8O4S2/c1-11-7-13(31-27-11)9-15(29)21-19-25-23-17(33-19)5-3-4-6-18-24-26-20(34-18)22-16(30)10-14-8-12(2)28-32-14/h7-8,15,29H,3-6,9-10H2,1-2H3,(H,21,25)(H,22,26,30). The predicted molar refractivity (Wildman–Crippen MR) is 125 cm³/mol. The Hall–Kier alpha value is -3.23. The number of rotatable bonds is 12. The molecule has 180 valence electrons. The second-order valence-corrected chi connectivity index (χ2v) is 9.79.